The highest BCUT2D eigenvalue weighted by Crippen LogP contribution is 2.32. The Morgan fingerprint density at radius 1 is 1.41 bits per heavy atom. The lowest BCUT2D eigenvalue weighted by Crippen LogP contribution is -2.33. The number of fused-ring (bicyclic) bond motifs is 1. The third-order valence-corrected chi connectivity index (χ3v) is 4.54. The van der Waals surface area contributed by atoms with Crippen LogP contribution in [0.3, 0.4) is 0 Å². The van der Waals surface area contributed by atoms with Crippen molar-refractivity contribution < 1.29 is 0 Å². The van der Waals surface area contributed by atoms with E-state index >= 15 is 0 Å². The Hall–Kier alpha value is -1.66. The van der Waals surface area contributed by atoms with Crippen LogP contribution in [0.2, 0.25) is 0 Å². The second kappa shape index (κ2) is 6.62. The van der Waals surface area contributed by atoms with Crippen molar-refractivity contribution in [3.05, 3.63) is 30.1 Å². The molecule has 1 saturated heterocycles. The van der Waals surface area contributed by atoms with Crippen molar-refractivity contribution in [1.29, 1.82) is 0 Å². The summed E-state index contributed by atoms with van der Waals surface area (Å²) in [7, 11) is 2.19. The molecular weight excluding hydrogens is 294 g/mol. The fourth-order valence-electron chi connectivity index (χ4n) is 3.10. The first-order valence-electron chi connectivity index (χ1n) is 7.88. The highest BCUT2D eigenvalue weighted by atomic mass is 32.1. The highest BCUT2D eigenvalue weighted by Gasteiger charge is 2.23. The number of nitrogens with one attached hydrogen (secondary N) is 2. The predicted molar refractivity (Wildman–Crippen MR) is 94.8 cm³/mol. The maximum absolute atomic E-state index is 5.31. The first kappa shape index (κ1) is 15.2. The molecular formula is C16H23N5S. The Morgan fingerprint density at radius 3 is 2.91 bits per heavy atom. The zero-order valence-corrected chi connectivity index (χ0v) is 14.0. The van der Waals surface area contributed by atoms with Crippen LogP contribution in [0, 0.1) is 0 Å². The first-order chi connectivity index (χ1) is 10.7. The lowest BCUT2D eigenvalue weighted by atomic mass is 9.91. The van der Waals surface area contributed by atoms with E-state index in [4.69, 9.17) is 12.2 Å². The molecule has 22 heavy (non-hydrogen) atoms. The van der Waals surface area contributed by atoms with Gasteiger partial charge in [0.2, 0.25) is 0 Å². The Balaban J connectivity index is 1.92. The van der Waals surface area contributed by atoms with E-state index in [1.807, 2.05) is 23.9 Å². The SMILES string of the molecule is CCNC(=S)Nn1cc(C2CCN(C)CC2)c2ncccc21. The normalized spacial score (nSPS) is 16.8. The minimum absolute atomic E-state index is 0.573. The van der Waals surface area contributed by atoms with Gasteiger partial charge in [0.05, 0.1) is 11.0 Å². The van der Waals surface area contributed by atoms with Crippen LogP contribution < -0.4 is 10.7 Å². The molecule has 0 unspecified atom stereocenters. The third-order valence-electron chi connectivity index (χ3n) is 4.31. The molecule has 0 aliphatic carbocycles. The molecule has 2 N–H and O–H groups in total. The number of hydrogen-bond donors (Lipinski definition) is 2. The van der Waals surface area contributed by atoms with E-state index in [0.717, 1.165) is 30.7 Å². The highest BCUT2D eigenvalue weighted by molar-refractivity contribution is 7.80. The maximum atomic E-state index is 5.31. The quantitative estimate of drug-likeness (QED) is 0.851. The van der Waals surface area contributed by atoms with Crippen molar-refractivity contribution in [3.8, 4) is 0 Å². The zero-order chi connectivity index (χ0) is 15.5. The van der Waals surface area contributed by atoms with Gasteiger partial charge in [-0.1, -0.05) is 0 Å². The van der Waals surface area contributed by atoms with Gasteiger partial charge >= 0.3 is 0 Å². The lowest BCUT2D eigenvalue weighted by Gasteiger charge is -2.28. The van der Waals surface area contributed by atoms with Gasteiger partial charge in [0.1, 0.15) is 0 Å². The van der Waals surface area contributed by atoms with Crippen LogP contribution in [-0.2, 0) is 0 Å². The molecule has 0 spiro atoms. The van der Waals surface area contributed by atoms with Crippen molar-refractivity contribution in [1.82, 2.24) is 19.9 Å². The fraction of sp³-hybridized carbons (Fsp3) is 0.500. The lowest BCUT2D eigenvalue weighted by molar-refractivity contribution is 0.256. The minimum Gasteiger partial charge on any atom is -0.362 e. The molecule has 0 amide bonds. The molecule has 3 heterocycles. The summed E-state index contributed by atoms with van der Waals surface area (Å²) in [6.07, 6.45) is 6.40. The average molecular weight is 317 g/mol. The van der Waals surface area contributed by atoms with Crippen LogP contribution in [-0.4, -0.2) is 46.4 Å². The van der Waals surface area contributed by atoms with Gasteiger partial charge in [-0.05, 0) is 70.2 Å². The summed E-state index contributed by atoms with van der Waals surface area (Å²) in [6.45, 7) is 5.14. The Kier molecular flexibility index (Phi) is 4.59. The van der Waals surface area contributed by atoms with E-state index in [1.165, 1.54) is 18.4 Å². The van der Waals surface area contributed by atoms with Crippen LogP contribution in [0.15, 0.2) is 24.5 Å². The first-order valence-corrected chi connectivity index (χ1v) is 8.29. The van der Waals surface area contributed by atoms with Crippen molar-refractivity contribution >= 4 is 28.4 Å². The van der Waals surface area contributed by atoms with Gasteiger partial charge in [0, 0.05) is 24.5 Å². The van der Waals surface area contributed by atoms with Gasteiger partial charge in [-0.25, -0.2) is 0 Å². The number of nitrogens with zero attached hydrogens (tertiary/aromatic N) is 3. The third kappa shape index (κ3) is 3.08. The van der Waals surface area contributed by atoms with E-state index in [1.54, 1.807) is 0 Å². The molecule has 6 heteroatoms. The number of pyridine rings is 1. The van der Waals surface area contributed by atoms with E-state index in [2.05, 4.69) is 39.9 Å². The molecule has 118 valence electrons. The van der Waals surface area contributed by atoms with Crippen LogP contribution in [0.1, 0.15) is 31.2 Å². The van der Waals surface area contributed by atoms with E-state index in [0.29, 0.717) is 11.0 Å². The molecule has 0 bridgehead atoms. The van der Waals surface area contributed by atoms with E-state index in [9.17, 15) is 0 Å². The Morgan fingerprint density at radius 2 is 2.18 bits per heavy atom. The van der Waals surface area contributed by atoms with Gasteiger partial charge < -0.3 is 10.2 Å². The Bertz CT molecular complexity index is 658. The van der Waals surface area contributed by atoms with E-state index < -0.39 is 0 Å². The largest absolute Gasteiger partial charge is 0.362 e. The second-order valence-electron chi connectivity index (χ2n) is 5.87. The molecule has 0 aromatic carbocycles. The van der Waals surface area contributed by atoms with Gasteiger partial charge in [-0.2, -0.15) is 0 Å². The van der Waals surface area contributed by atoms with Crippen molar-refractivity contribution in [3.63, 3.8) is 0 Å². The predicted octanol–water partition coefficient (Wildman–Crippen LogP) is 2.28. The molecule has 3 rings (SSSR count). The Labute approximate surface area is 136 Å². The molecule has 5 nitrogen and oxygen atoms in total. The number of piperidine rings is 1. The monoisotopic (exact) mass is 317 g/mol. The molecule has 1 aliphatic heterocycles. The van der Waals surface area contributed by atoms with Gasteiger partial charge in [-0.15, -0.1) is 0 Å². The van der Waals surface area contributed by atoms with Crippen LogP contribution in [0.4, 0.5) is 0 Å². The summed E-state index contributed by atoms with van der Waals surface area (Å²) in [4.78, 5) is 7.00. The van der Waals surface area contributed by atoms with Crippen LogP contribution in [0.5, 0.6) is 0 Å². The summed E-state index contributed by atoms with van der Waals surface area (Å²) >= 11 is 5.31. The van der Waals surface area contributed by atoms with Crippen molar-refractivity contribution in [2.75, 3.05) is 32.1 Å². The molecule has 1 fully saturated rings. The second-order valence-corrected chi connectivity index (χ2v) is 6.28. The standard InChI is InChI=1S/C16H23N5S/c1-3-17-16(22)19-21-11-13(12-6-9-20(2)10-7-12)15-14(21)5-4-8-18-15/h4-5,8,11-12H,3,6-7,9-10H2,1-2H3,(H2,17,19,22). The summed E-state index contributed by atoms with van der Waals surface area (Å²) in [5, 5.41) is 3.76. The summed E-state index contributed by atoms with van der Waals surface area (Å²) in [6, 6.07) is 4.05. The number of rotatable bonds is 3. The van der Waals surface area contributed by atoms with E-state index in [-0.39, 0.29) is 0 Å². The minimum atomic E-state index is 0.573. The smallest absolute Gasteiger partial charge is 0.185 e. The summed E-state index contributed by atoms with van der Waals surface area (Å²) in [5.74, 6) is 0.573. The fourth-order valence-corrected chi connectivity index (χ4v) is 3.35. The molecule has 0 saturated carbocycles. The van der Waals surface area contributed by atoms with Crippen LogP contribution >= 0.6 is 12.2 Å². The maximum Gasteiger partial charge on any atom is 0.185 e. The molecule has 0 atom stereocenters. The van der Waals surface area contributed by atoms with Crippen molar-refractivity contribution in [2.24, 2.45) is 0 Å². The molecule has 2 aromatic heterocycles. The zero-order valence-electron chi connectivity index (χ0n) is 13.2. The number of aromatic nitrogens is 2. The summed E-state index contributed by atoms with van der Waals surface area (Å²) < 4.78 is 2.00. The van der Waals surface area contributed by atoms with Crippen LogP contribution in [0.25, 0.3) is 11.0 Å². The summed E-state index contributed by atoms with van der Waals surface area (Å²) in [5.41, 5.74) is 6.74. The molecule has 0 radical (unpaired) electrons. The molecule has 1 aliphatic rings. The number of hydrogen-bond acceptors (Lipinski definition) is 3. The van der Waals surface area contributed by atoms with Crippen molar-refractivity contribution in [2.45, 2.75) is 25.7 Å². The average Bonchev–Trinajstić information content (AvgIpc) is 2.87. The van der Waals surface area contributed by atoms with Gasteiger partial charge in [0.25, 0.3) is 0 Å². The molecule has 2 aromatic rings. The van der Waals surface area contributed by atoms with Gasteiger partial charge in [0.15, 0.2) is 5.11 Å². The topological polar surface area (TPSA) is 45.1 Å². The number of likely N-dealkylation sites (tertiary alicyclic amines) is 1. The number of thiocarbonyl (C=S) groups is 1. The van der Waals surface area contributed by atoms with Gasteiger partial charge in [-0.3, -0.25) is 15.1 Å².